The second-order valence-electron chi connectivity index (χ2n) is 9.56. The summed E-state index contributed by atoms with van der Waals surface area (Å²) in [4.78, 5) is 25.9. The van der Waals surface area contributed by atoms with Crippen molar-refractivity contribution >= 4 is 46.5 Å². The standard InChI is InChI=1S/C25H32Cl2N6O2/c1-14-5-4-9-33(14)21-8-10-32(13-19(21)25(34)35)22-12-29-23(15(2)28)24(31-22)30-16(3)18-7-6-17(26)11-20(18)27/h6-7,11-12,14,16,19,21,28H,4-5,8-10,13H2,1-3H3,(H,30,31)(H,34,35)/t14-,16-,19-,21+/m1/s1. The molecule has 8 nitrogen and oxygen atoms in total. The average molecular weight is 519 g/mol. The van der Waals surface area contributed by atoms with Gasteiger partial charge in [-0.25, -0.2) is 9.97 Å². The lowest BCUT2D eigenvalue weighted by Gasteiger charge is -2.42. The molecule has 0 bridgehead atoms. The summed E-state index contributed by atoms with van der Waals surface area (Å²) in [6.45, 7) is 7.84. The Kier molecular flexibility index (Phi) is 7.83. The first-order valence-electron chi connectivity index (χ1n) is 12.0. The topological polar surface area (TPSA) is 105 Å². The molecule has 2 fully saturated rings. The molecule has 3 heterocycles. The minimum Gasteiger partial charge on any atom is -0.481 e. The second-order valence-corrected chi connectivity index (χ2v) is 10.4. The fourth-order valence-electron chi connectivity index (χ4n) is 5.28. The van der Waals surface area contributed by atoms with E-state index in [1.54, 1.807) is 25.3 Å². The molecule has 0 unspecified atom stereocenters. The normalized spacial score (nSPS) is 23.8. The summed E-state index contributed by atoms with van der Waals surface area (Å²) >= 11 is 12.4. The largest absolute Gasteiger partial charge is 0.481 e. The first-order valence-corrected chi connectivity index (χ1v) is 12.8. The average Bonchev–Trinajstić information content (AvgIpc) is 3.23. The molecule has 2 aromatic rings. The maximum atomic E-state index is 12.2. The number of carbonyl (C=O) groups is 1. The molecule has 0 aliphatic carbocycles. The van der Waals surface area contributed by atoms with Crippen LogP contribution in [0.5, 0.6) is 0 Å². The van der Waals surface area contributed by atoms with E-state index in [-0.39, 0.29) is 17.8 Å². The van der Waals surface area contributed by atoms with Crippen molar-refractivity contribution < 1.29 is 9.90 Å². The highest BCUT2D eigenvalue weighted by Crippen LogP contribution is 2.33. The summed E-state index contributed by atoms with van der Waals surface area (Å²) in [6, 6.07) is 5.57. The number of aliphatic carboxylic acids is 1. The molecule has 188 valence electrons. The highest BCUT2D eigenvalue weighted by molar-refractivity contribution is 6.35. The van der Waals surface area contributed by atoms with Crippen LogP contribution in [0.3, 0.4) is 0 Å². The van der Waals surface area contributed by atoms with Crippen molar-refractivity contribution in [1.82, 2.24) is 14.9 Å². The van der Waals surface area contributed by atoms with E-state index in [0.717, 1.165) is 31.4 Å². The van der Waals surface area contributed by atoms with E-state index in [1.165, 1.54) is 0 Å². The quantitative estimate of drug-likeness (QED) is 0.437. The molecule has 4 atom stereocenters. The van der Waals surface area contributed by atoms with Crippen molar-refractivity contribution in [1.29, 1.82) is 5.41 Å². The Bertz CT molecular complexity index is 1110. The molecule has 3 N–H and O–H groups in total. The highest BCUT2D eigenvalue weighted by atomic mass is 35.5. The number of hydrogen-bond donors (Lipinski definition) is 3. The number of nitrogens with zero attached hydrogens (tertiary/aromatic N) is 4. The highest BCUT2D eigenvalue weighted by Gasteiger charge is 2.41. The number of likely N-dealkylation sites (tertiary alicyclic amines) is 1. The van der Waals surface area contributed by atoms with Crippen LogP contribution in [-0.4, -0.2) is 63.4 Å². The molecular formula is C25H32Cl2N6O2. The van der Waals surface area contributed by atoms with Crippen LogP contribution < -0.4 is 10.2 Å². The van der Waals surface area contributed by atoms with Gasteiger partial charge in [0.2, 0.25) is 0 Å². The van der Waals surface area contributed by atoms with E-state index >= 15 is 0 Å². The number of carboxylic acid groups (broad SMARTS) is 1. The van der Waals surface area contributed by atoms with Gasteiger partial charge in [-0.05, 0) is 64.3 Å². The van der Waals surface area contributed by atoms with Gasteiger partial charge in [-0.15, -0.1) is 0 Å². The van der Waals surface area contributed by atoms with Crippen molar-refractivity contribution in [3.8, 4) is 0 Å². The molecule has 10 heteroatoms. The van der Waals surface area contributed by atoms with Gasteiger partial charge in [-0.3, -0.25) is 9.69 Å². The SMILES string of the molecule is CC(=N)c1ncc(N2CC[C@H](N3CCC[C@H]3C)[C@H](C(=O)O)C2)nc1N[C@H](C)c1ccc(Cl)cc1Cl. The first kappa shape index (κ1) is 25.7. The van der Waals surface area contributed by atoms with Crippen LogP contribution in [0, 0.1) is 11.3 Å². The lowest BCUT2D eigenvalue weighted by atomic mass is 9.90. The summed E-state index contributed by atoms with van der Waals surface area (Å²) in [5, 5.41) is 22.6. The third kappa shape index (κ3) is 5.55. The Balaban J connectivity index is 1.58. The monoisotopic (exact) mass is 518 g/mol. The number of aromatic nitrogens is 2. The Labute approximate surface area is 216 Å². The molecule has 0 saturated carbocycles. The van der Waals surface area contributed by atoms with Gasteiger partial charge < -0.3 is 20.7 Å². The van der Waals surface area contributed by atoms with Gasteiger partial charge in [-0.2, -0.15) is 0 Å². The molecule has 0 radical (unpaired) electrons. The zero-order valence-corrected chi connectivity index (χ0v) is 21.8. The van der Waals surface area contributed by atoms with E-state index in [9.17, 15) is 9.90 Å². The fraction of sp³-hybridized carbons (Fsp3) is 0.520. The predicted molar refractivity (Wildman–Crippen MR) is 140 cm³/mol. The molecule has 2 aliphatic heterocycles. The Hall–Kier alpha value is -2.42. The summed E-state index contributed by atoms with van der Waals surface area (Å²) in [5.74, 6) is -0.205. The molecule has 1 aromatic carbocycles. The number of anilines is 2. The van der Waals surface area contributed by atoms with Gasteiger partial charge >= 0.3 is 5.97 Å². The minimum atomic E-state index is -0.775. The van der Waals surface area contributed by atoms with Crippen molar-refractivity contribution in [2.24, 2.45) is 5.92 Å². The van der Waals surface area contributed by atoms with Crippen molar-refractivity contribution in [3.05, 3.63) is 45.7 Å². The summed E-state index contributed by atoms with van der Waals surface area (Å²) < 4.78 is 0. The number of halogens is 2. The lowest BCUT2D eigenvalue weighted by molar-refractivity contribution is -0.144. The van der Waals surface area contributed by atoms with Gasteiger partial charge in [0, 0.05) is 35.2 Å². The number of nitrogens with one attached hydrogen (secondary N) is 2. The number of rotatable bonds is 7. The molecule has 1 aromatic heterocycles. The van der Waals surface area contributed by atoms with Gasteiger partial charge in [-0.1, -0.05) is 29.3 Å². The molecule has 0 amide bonds. The maximum Gasteiger partial charge on any atom is 0.309 e. The second kappa shape index (κ2) is 10.7. The van der Waals surface area contributed by atoms with Crippen LogP contribution in [-0.2, 0) is 4.79 Å². The third-order valence-corrected chi connectivity index (χ3v) is 7.71. The molecular weight excluding hydrogens is 487 g/mol. The molecule has 4 rings (SSSR count). The molecule has 2 saturated heterocycles. The molecule has 2 aliphatic rings. The lowest BCUT2D eigenvalue weighted by Crippen LogP contribution is -2.54. The third-order valence-electron chi connectivity index (χ3n) is 7.15. The van der Waals surface area contributed by atoms with E-state index in [0.29, 0.717) is 46.5 Å². The van der Waals surface area contributed by atoms with Crippen LogP contribution in [0.1, 0.15) is 57.3 Å². The smallest absolute Gasteiger partial charge is 0.309 e. The van der Waals surface area contributed by atoms with E-state index in [2.05, 4.69) is 22.1 Å². The maximum absolute atomic E-state index is 12.2. The van der Waals surface area contributed by atoms with Crippen LogP contribution in [0.15, 0.2) is 24.4 Å². The van der Waals surface area contributed by atoms with Gasteiger partial charge in [0.25, 0.3) is 0 Å². The zero-order chi connectivity index (χ0) is 25.3. The minimum absolute atomic E-state index is 0.0296. The summed E-state index contributed by atoms with van der Waals surface area (Å²) in [6.07, 6.45) is 4.63. The van der Waals surface area contributed by atoms with Gasteiger partial charge in [0.05, 0.1) is 23.9 Å². The van der Waals surface area contributed by atoms with Crippen molar-refractivity contribution in [2.45, 2.75) is 58.2 Å². The fourth-order valence-corrected chi connectivity index (χ4v) is 5.85. The molecule has 35 heavy (non-hydrogen) atoms. The number of piperidine rings is 1. The van der Waals surface area contributed by atoms with Crippen LogP contribution >= 0.6 is 23.2 Å². The van der Waals surface area contributed by atoms with Crippen LogP contribution in [0.2, 0.25) is 10.0 Å². The number of carboxylic acids is 1. The van der Waals surface area contributed by atoms with E-state index in [1.807, 2.05) is 17.9 Å². The van der Waals surface area contributed by atoms with Gasteiger partial charge in [0.1, 0.15) is 11.5 Å². The molecule has 0 spiro atoms. The Morgan fingerprint density at radius 2 is 2.06 bits per heavy atom. The number of benzene rings is 1. The summed E-state index contributed by atoms with van der Waals surface area (Å²) in [7, 11) is 0. The van der Waals surface area contributed by atoms with Crippen LogP contribution in [0.4, 0.5) is 11.6 Å². The van der Waals surface area contributed by atoms with Crippen molar-refractivity contribution in [3.63, 3.8) is 0 Å². The number of hydrogen-bond acceptors (Lipinski definition) is 7. The van der Waals surface area contributed by atoms with Crippen LogP contribution in [0.25, 0.3) is 0 Å². The van der Waals surface area contributed by atoms with Crippen molar-refractivity contribution in [2.75, 3.05) is 29.9 Å². The first-order chi connectivity index (χ1) is 16.7. The summed E-state index contributed by atoms with van der Waals surface area (Å²) in [5.41, 5.74) is 1.58. The van der Waals surface area contributed by atoms with E-state index in [4.69, 9.17) is 33.6 Å². The Morgan fingerprint density at radius 3 is 2.69 bits per heavy atom. The van der Waals surface area contributed by atoms with E-state index < -0.39 is 11.9 Å². The zero-order valence-electron chi connectivity index (χ0n) is 20.3. The Morgan fingerprint density at radius 1 is 1.29 bits per heavy atom. The van der Waals surface area contributed by atoms with Gasteiger partial charge in [0.15, 0.2) is 5.82 Å². The predicted octanol–water partition coefficient (Wildman–Crippen LogP) is 5.11.